The largest absolute Gasteiger partial charge is 0.393 e. The maximum atomic E-state index is 12.0. The fourth-order valence-corrected chi connectivity index (χ4v) is 2.72. The Hall–Kier alpha value is -0.570. The number of aliphatic hydroxyl groups is 1. The number of hydrogen-bond acceptors (Lipinski definition) is 2. The molecule has 3 heteroatoms. The van der Waals surface area contributed by atoms with E-state index < -0.39 is 0 Å². The van der Waals surface area contributed by atoms with E-state index in [1.165, 1.54) is 6.42 Å². The summed E-state index contributed by atoms with van der Waals surface area (Å²) in [6.07, 6.45) is 3.96. The van der Waals surface area contributed by atoms with Crippen LogP contribution in [0, 0.1) is 17.8 Å². The van der Waals surface area contributed by atoms with Crippen molar-refractivity contribution in [3.05, 3.63) is 0 Å². The van der Waals surface area contributed by atoms with E-state index in [0.29, 0.717) is 18.9 Å². The van der Waals surface area contributed by atoms with E-state index in [2.05, 4.69) is 0 Å². The van der Waals surface area contributed by atoms with Crippen LogP contribution in [0.1, 0.15) is 32.6 Å². The van der Waals surface area contributed by atoms with Crippen molar-refractivity contribution in [3.63, 3.8) is 0 Å². The predicted octanol–water partition coefficient (Wildman–Crippen LogP) is 1.26. The molecule has 2 rings (SSSR count). The van der Waals surface area contributed by atoms with Gasteiger partial charge < -0.3 is 10.0 Å². The number of carbonyl (C=O) groups excluding carboxylic acids is 1. The van der Waals surface area contributed by atoms with Crippen LogP contribution in [-0.4, -0.2) is 35.6 Å². The minimum atomic E-state index is -0.308. The molecule has 15 heavy (non-hydrogen) atoms. The van der Waals surface area contributed by atoms with Gasteiger partial charge in [0.15, 0.2) is 0 Å². The third kappa shape index (κ3) is 2.51. The molecule has 2 fully saturated rings. The van der Waals surface area contributed by atoms with Gasteiger partial charge in [0, 0.05) is 19.5 Å². The average Bonchev–Trinajstić information content (AvgIpc) is 2.81. The first-order valence-electron chi connectivity index (χ1n) is 6.01. The second kappa shape index (κ2) is 4.12. The lowest BCUT2D eigenvalue weighted by atomic mass is 10.0. The molecule has 1 amide bonds. The Labute approximate surface area is 91.5 Å². The molecule has 2 aliphatic rings. The van der Waals surface area contributed by atoms with Crippen LogP contribution in [0.15, 0.2) is 0 Å². The highest BCUT2D eigenvalue weighted by molar-refractivity contribution is 5.79. The van der Waals surface area contributed by atoms with E-state index in [-0.39, 0.29) is 12.0 Å². The third-order valence-electron chi connectivity index (χ3n) is 3.85. The number of fused-ring (bicyclic) bond motifs is 1. The molecular formula is C12H21NO2. The van der Waals surface area contributed by atoms with Gasteiger partial charge in [0.2, 0.25) is 5.91 Å². The first kappa shape index (κ1) is 10.9. The standard InChI is InChI=1S/C12H21NO2/c1-8(14)3-4-13(2)12(15)11-6-9-5-10(9)7-11/h8-11,14H,3-7H2,1-2H3. The monoisotopic (exact) mass is 211 g/mol. The Morgan fingerprint density at radius 1 is 1.40 bits per heavy atom. The van der Waals surface area contributed by atoms with Crippen molar-refractivity contribution in [1.82, 2.24) is 4.90 Å². The molecule has 2 saturated carbocycles. The lowest BCUT2D eigenvalue weighted by molar-refractivity contribution is -0.134. The van der Waals surface area contributed by atoms with E-state index in [4.69, 9.17) is 5.11 Å². The smallest absolute Gasteiger partial charge is 0.225 e. The lowest BCUT2D eigenvalue weighted by Gasteiger charge is -2.22. The second-order valence-corrected chi connectivity index (χ2v) is 5.32. The van der Waals surface area contributed by atoms with Crippen molar-refractivity contribution in [3.8, 4) is 0 Å². The number of hydrogen-bond donors (Lipinski definition) is 1. The van der Waals surface area contributed by atoms with Gasteiger partial charge in [0.1, 0.15) is 0 Å². The van der Waals surface area contributed by atoms with Crippen LogP contribution in [0.3, 0.4) is 0 Å². The summed E-state index contributed by atoms with van der Waals surface area (Å²) in [6.45, 7) is 2.45. The molecule has 0 saturated heterocycles. The molecule has 0 radical (unpaired) electrons. The maximum Gasteiger partial charge on any atom is 0.225 e. The molecular weight excluding hydrogens is 190 g/mol. The zero-order valence-corrected chi connectivity index (χ0v) is 9.65. The topological polar surface area (TPSA) is 40.5 Å². The highest BCUT2D eigenvalue weighted by Gasteiger charge is 2.48. The first-order chi connectivity index (χ1) is 7.08. The van der Waals surface area contributed by atoms with Crippen LogP contribution in [0.2, 0.25) is 0 Å². The number of rotatable bonds is 4. The number of aliphatic hydroxyl groups excluding tert-OH is 1. The van der Waals surface area contributed by atoms with E-state index in [1.54, 1.807) is 11.8 Å². The van der Waals surface area contributed by atoms with Crippen LogP contribution in [0.4, 0.5) is 0 Å². The fraction of sp³-hybridized carbons (Fsp3) is 0.917. The number of carbonyl (C=O) groups is 1. The molecule has 3 atom stereocenters. The van der Waals surface area contributed by atoms with Crippen LogP contribution >= 0.6 is 0 Å². The average molecular weight is 211 g/mol. The zero-order chi connectivity index (χ0) is 11.0. The van der Waals surface area contributed by atoms with Gasteiger partial charge in [-0.05, 0) is 44.4 Å². The molecule has 0 spiro atoms. The molecule has 1 N–H and O–H groups in total. The Balaban J connectivity index is 1.74. The SMILES string of the molecule is CC(O)CCN(C)C(=O)C1CC2CC2C1. The summed E-state index contributed by atoms with van der Waals surface area (Å²) < 4.78 is 0. The van der Waals surface area contributed by atoms with Crippen molar-refractivity contribution in [2.24, 2.45) is 17.8 Å². The molecule has 0 heterocycles. The second-order valence-electron chi connectivity index (χ2n) is 5.32. The van der Waals surface area contributed by atoms with Gasteiger partial charge in [-0.15, -0.1) is 0 Å². The van der Waals surface area contributed by atoms with Crippen molar-refractivity contribution in [2.75, 3.05) is 13.6 Å². The van der Waals surface area contributed by atoms with E-state index in [1.807, 2.05) is 7.05 Å². The summed E-state index contributed by atoms with van der Waals surface area (Å²) in [5.74, 6) is 2.31. The molecule has 0 aromatic heterocycles. The quantitative estimate of drug-likeness (QED) is 0.760. The van der Waals surface area contributed by atoms with Crippen LogP contribution < -0.4 is 0 Å². The third-order valence-corrected chi connectivity index (χ3v) is 3.85. The van der Waals surface area contributed by atoms with Crippen LogP contribution in [0.25, 0.3) is 0 Å². The Kier molecular flexibility index (Phi) is 3.01. The van der Waals surface area contributed by atoms with Crippen molar-refractivity contribution < 1.29 is 9.90 Å². The normalized spacial score (nSPS) is 34.7. The Morgan fingerprint density at radius 3 is 2.53 bits per heavy atom. The number of amides is 1. The number of nitrogens with zero attached hydrogens (tertiary/aromatic N) is 1. The Morgan fingerprint density at radius 2 is 2.00 bits per heavy atom. The van der Waals surface area contributed by atoms with Crippen LogP contribution in [-0.2, 0) is 4.79 Å². The van der Waals surface area contributed by atoms with Gasteiger partial charge in [-0.25, -0.2) is 0 Å². The molecule has 0 bridgehead atoms. The van der Waals surface area contributed by atoms with Crippen molar-refractivity contribution in [2.45, 2.75) is 38.7 Å². The maximum absolute atomic E-state index is 12.0. The molecule has 0 aliphatic heterocycles. The van der Waals surface area contributed by atoms with Gasteiger partial charge in [-0.2, -0.15) is 0 Å². The molecule has 86 valence electrons. The zero-order valence-electron chi connectivity index (χ0n) is 9.65. The molecule has 3 nitrogen and oxygen atoms in total. The molecule has 0 aromatic carbocycles. The molecule has 0 aromatic rings. The summed E-state index contributed by atoms with van der Waals surface area (Å²) in [4.78, 5) is 13.8. The van der Waals surface area contributed by atoms with E-state index in [0.717, 1.165) is 24.7 Å². The Bertz CT molecular complexity index is 242. The summed E-state index contributed by atoms with van der Waals surface area (Å²) in [7, 11) is 1.86. The van der Waals surface area contributed by atoms with Crippen molar-refractivity contribution in [1.29, 1.82) is 0 Å². The minimum Gasteiger partial charge on any atom is -0.393 e. The van der Waals surface area contributed by atoms with Gasteiger partial charge in [0.05, 0.1) is 6.10 Å². The molecule has 2 aliphatic carbocycles. The predicted molar refractivity (Wildman–Crippen MR) is 58.3 cm³/mol. The van der Waals surface area contributed by atoms with Gasteiger partial charge in [0.25, 0.3) is 0 Å². The van der Waals surface area contributed by atoms with Gasteiger partial charge in [-0.3, -0.25) is 4.79 Å². The van der Waals surface area contributed by atoms with Gasteiger partial charge >= 0.3 is 0 Å². The summed E-state index contributed by atoms with van der Waals surface area (Å²) in [5, 5.41) is 9.16. The van der Waals surface area contributed by atoms with E-state index in [9.17, 15) is 4.79 Å². The highest BCUT2D eigenvalue weighted by atomic mass is 16.3. The summed E-state index contributed by atoms with van der Waals surface area (Å²) in [6, 6.07) is 0. The molecule has 3 unspecified atom stereocenters. The summed E-state index contributed by atoms with van der Waals surface area (Å²) >= 11 is 0. The lowest BCUT2D eigenvalue weighted by Crippen LogP contribution is -2.34. The summed E-state index contributed by atoms with van der Waals surface area (Å²) in [5.41, 5.74) is 0. The first-order valence-corrected chi connectivity index (χ1v) is 6.01. The van der Waals surface area contributed by atoms with Crippen LogP contribution in [0.5, 0.6) is 0 Å². The van der Waals surface area contributed by atoms with Gasteiger partial charge in [-0.1, -0.05) is 0 Å². The van der Waals surface area contributed by atoms with Crippen molar-refractivity contribution >= 4 is 5.91 Å². The highest BCUT2D eigenvalue weighted by Crippen LogP contribution is 2.54. The van der Waals surface area contributed by atoms with E-state index >= 15 is 0 Å². The minimum absolute atomic E-state index is 0.285. The fourth-order valence-electron chi connectivity index (χ4n) is 2.72.